The number of rotatable bonds is 10. The number of amides is 1. The molecule has 0 saturated heterocycles. The van der Waals surface area contributed by atoms with E-state index in [1.54, 1.807) is 48.5 Å². The maximum Gasteiger partial charge on any atom is 0.257 e. The van der Waals surface area contributed by atoms with Crippen molar-refractivity contribution in [2.75, 3.05) is 32.8 Å². The Morgan fingerprint density at radius 3 is 2.08 bits per heavy atom. The molecule has 0 heterocycles. The van der Waals surface area contributed by atoms with E-state index in [1.807, 2.05) is 0 Å². The Labute approximate surface area is 159 Å². The second-order valence-electron chi connectivity index (χ2n) is 5.69. The topological polar surface area (TPSA) is 50.8 Å². The fourth-order valence-corrected chi connectivity index (χ4v) is 2.46. The van der Waals surface area contributed by atoms with Crippen molar-refractivity contribution in [1.29, 1.82) is 0 Å². The predicted octanol–water partition coefficient (Wildman–Crippen LogP) is 3.97. The zero-order valence-electron chi connectivity index (χ0n) is 15.2. The van der Waals surface area contributed by atoms with Crippen molar-refractivity contribution >= 4 is 17.5 Å². The Morgan fingerprint density at radius 2 is 1.50 bits per heavy atom. The molecule has 2 aromatic carbocycles. The van der Waals surface area contributed by atoms with Gasteiger partial charge in [0.25, 0.3) is 5.91 Å². The van der Waals surface area contributed by atoms with Gasteiger partial charge >= 0.3 is 0 Å². The maximum atomic E-state index is 11.8. The Hall–Kier alpha value is -2.24. The SMILES string of the molecule is CCN(CC)CCNC(=O)COc1ccc(Oc2ccc(Cl)cc2)cc1. The van der Waals surface area contributed by atoms with E-state index >= 15 is 0 Å². The molecule has 2 aromatic rings. The van der Waals surface area contributed by atoms with Crippen molar-refractivity contribution in [3.63, 3.8) is 0 Å². The molecule has 1 N–H and O–H groups in total. The molecule has 0 aromatic heterocycles. The van der Waals surface area contributed by atoms with E-state index in [2.05, 4.69) is 24.1 Å². The van der Waals surface area contributed by atoms with E-state index in [0.29, 0.717) is 28.8 Å². The molecule has 6 heteroatoms. The molecule has 0 aliphatic rings. The molecule has 0 saturated carbocycles. The third-order valence-corrected chi connectivity index (χ3v) is 4.14. The third kappa shape index (κ3) is 6.94. The summed E-state index contributed by atoms with van der Waals surface area (Å²) in [6.07, 6.45) is 0. The highest BCUT2D eigenvalue weighted by atomic mass is 35.5. The Morgan fingerprint density at radius 1 is 0.962 bits per heavy atom. The highest BCUT2D eigenvalue weighted by molar-refractivity contribution is 6.30. The van der Waals surface area contributed by atoms with E-state index in [4.69, 9.17) is 21.1 Å². The van der Waals surface area contributed by atoms with E-state index in [9.17, 15) is 4.79 Å². The van der Waals surface area contributed by atoms with Crippen LogP contribution in [0.2, 0.25) is 5.02 Å². The zero-order valence-corrected chi connectivity index (χ0v) is 16.0. The number of nitrogens with zero attached hydrogens (tertiary/aromatic N) is 1. The number of halogens is 1. The van der Waals surface area contributed by atoms with Crippen LogP contribution in [-0.2, 0) is 4.79 Å². The van der Waals surface area contributed by atoms with E-state index in [0.717, 1.165) is 19.6 Å². The van der Waals surface area contributed by atoms with Crippen molar-refractivity contribution in [3.8, 4) is 17.2 Å². The van der Waals surface area contributed by atoms with E-state index in [-0.39, 0.29) is 12.5 Å². The van der Waals surface area contributed by atoms with Gasteiger partial charge in [-0.2, -0.15) is 0 Å². The minimum absolute atomic E-state index is 0.00433. The Kier molecular flexibility index (Phi) is 8.25. The normalized spacial score (nSPS) is 10.6. The second-order valence-corrected chi connectivity index (χ2v) is 6.13. The lowest BCUT2D eigenvalue weighted by atomic mass is 10.3. The summed E-state index contributed by atoms with van der Waals surface area (Å²) in [5.74, 6) is 1.88. The molecule has 0 fully saturated rings. The molecule has 2 rings (SSSR count). The smallest absolute Gasteiger partial charge is 0.257 e. The molecule has 26 heavy (non-hydrogen) atoms. The fraction of sp³-hybridized carbons (Fsp3) is 0.350. The molecule has 140 valence electrons. The predicted molar refractivity (Wildman–Crippen MR) is 104 cm³/mol. The van der Waals surface area contributed by atoms with Crippen LogP contribution in [-0.4, -0.2) is 43.6 Å². The van der Waals surface area contributed by atoms with Gasteiger partial charge in [-0.15, -0.1) is 0 Å². The average Bonchev–Trinajstić information content (AvgIpc) is 2.66. The molecular formula is C20H25ClN2O3. The van der Waals surface area contributed by atoms with Gasteiger partial charge in [0.05, 0.1) is 0 Å². The first-order valence-corrected chi connectivity index (χ1v) is 9.13. The highest BCUT2D eigenvalue weighted by Crippen LogP contribution is 2.24. The number of hydrogen-bond donors (Lipinski definition) is 1. The van der Waals surface area contributed by atoms with E-state index in [1.165, 1.54) is 0 Å². The van der Waals surface area contributed by atoms with Crippen LogP contribution in [0.1, 0.15) is 13.8 Å². The van der Waals surface area contributed by atoms with E-state index < -0.39 is 0 Å². The molecule has 0 spiro atoms. The van der Waals surface area contributed by atoms with Crippen LogP contribution >= 0.6 is 11.6 Å². The first kappa shape index (κ1) is 20.1. The quantitative estimate of drug-likeness (QED) is 0.681. The number of carbonyl (C=O) groups excluding carboxylic acids is 1. The molecule has 5 nitrogen and oxygen atoms in total. The first-order valence-electron chi connectivity index (χ1n) is 8.76. The fourth-order valence-electron chi connectivity index (χ4n) is 2.34. The summed E-state index contributed by atoms with van der Waals surface area (Å²) in [5, 5.41) is 3.52. The zero-order chi connectivity index (χ0) is 18.8. The van der Waals surface area contributed by atoms with Crippen molar-refractivity contribution in [1.82, 2.24) is 10.2 Å². The lowest BCUT2D eigenvalue weighted by Gasteiger charge is -2.18. The molecule has 0 radical (unpaired) electrons. The van der Waals surface area contributed by atoms with Crippen molar-refractivity contribution < 1.29 is 14.3 Å². The first-order chi connectivity index (χ1) is 12.6. The lowest BCUT2D eigenvalue weighted by molar-refractivity contribution is -0.123. The summed E-state index contributed by atoms with van der Waals surface area (Å²) in [7, 11) is 0. The molecule has 1 amide bonds. The van der Waals surface area contributed by atoms with Crippen LogP contribution in [0.3, 0.4) is 0 Å². The van der Waals surface area contributed by atoms with Crippen LogP contribution in [0.25, 0.3) is 0 Å². The van der Waals surface area contributed by atoms with Gasteiger partial charge in [0, 0.05) is 18.1 Å². The standard InChI is InChI=1S/C20H25ClN2O3/c1-3-23(4-2)14-13-22-20(24)15-25-17-9-11-19(12-10-17)26-18-7-5-16(21)6-8-18/h5-12H,3-4,13-15H2,1-2H3,(H,22,24). The molecule has 0 aliphatic carbocycles. The summed E-state index contributed by atoms with van der Waals surface area (Å²) in [4.78, 5) is 14.1. The maximum absolute atomic E-state index is 11.8. The van der Waals surface area contributed by atoms with Crippen LogP contribution in [0.5, 0.6) is 17.2 Å². The number of ether oxygens (including phenoxy) is 2. The molecule has 0 bridgehead atoms. The number of likely N-dealkylation sites (N-methyl/N-ethyl adjacent to an activating group) is 1. The number of carbonyl (C=O) groups is 1. The second kappa shape index (κ2) is 10.7. The average molecular weight is 377 g/mol. The number of nitrogens with one attached hydrogen (secondary N) is 1. The van der Waals surface area contributed by atoms with Gasteiger partial charge in [0.2, 0.25) is 0 Å². The third-order valence-electron chi connectivity index (χ3n) is 3.89. The summed E-state index contributed by atoms with van der Waals surface area (Å²) < 4.78 is 11.2. The minimum atomic E-state index is -0.126. The summed E-state index contributed by atoms with van der Waals surface area (Å²) in [6.45, 7) is 7.63. The van der Waals surface area contributed by atoms with Crippen molar-refractivity contribution in [2.24, 2.45) is 0 Å². The van der Waals surface area contributed by atoms with Gasteiger partial charge in [-0.25, -0.2) is 0 Å². The monoisotopic (exact) mass is 376 g/mol. The molecular weight excluding hydrogens is 352 g/mol. The minimum Gasteiger partial charge on any atom is -0.484 e. The van der Waals surface area contributed by atoms with Crippen molar-refractivity contribution in [2.45, 2.75) is 13.8 Å². The Bertz CT molecular complexity index is 670. The van der Waals surface area contributed by atoms with Crippen molar-refractivity contribution in [3.05, 3.63) is 53.6 Å². The number of hydrogen-bond acceptors (Lipinski definition) is 4. The van der Waals surface area contributed by atoms with Crippen LogP contribution in [0, 0.1) is 0 Å². The molecule has 0 aliphatic heterocycles. The Balaban J connectivity index is 1.73. The van der Waals surface area contributed by atoms with Gasteiger partial charge in [-0.05, 0) is 61.6 Å². The highest BCUT2D eigenvalue weighted by Gasteiger charge is 2.05. The summed E-state index contributed by atoms with van der Waals surface area (Å²) >= 11 is 5.85. The van der Waals surface area contributed by atoms with Crippen LogP contribution in [0.15, 0.2) is 48.5 Å². The molecule has 0 atom stereocenters. The number of benzene rings is 2. The van der Waals surface area contributed by atoms with Gasteiger partial charge in [0.1, 0.15) is 17.2 Å². The van der Waals surface area contributed by atoms with Gasteiger partial charge in [-0.3, -0.25) is 4.79 Å². The summed E-state index contributed by atoms with van der Waals surface area (Å²) in [6, 6.07) is 14.3. The van der Waals surface area contributed by atoms with Crippen LogP contribution < -0.4 is 14.8 Å². The molecule has 0 unspecified atom stereocenters. The van der Waals surface area contributed by atoms with Gasteiger partial charge in [-0.1, -0.05) is 25.4 Å². The lowest BCUT2D eigenvalue weighted by Crippen LogP contribution is -2.36. The van der Waals surface area contributed by atoms with Gasteiger partial charge in [0.15, 0.2) is 6.61 Å². The largest absolute Gasteiger partial charge is 0.484 e. The summed E-state index contributed by atoms with van der Waals surface area (Å²) in [5.41, 5.74) is 0. The van der Waals surface area contributed by atoms with Gasteiger partial charge < -0.3 is 19.7 Å². The van der Waals surface area contributed by atoms with Crippen LogP contribution in [0.4, 0.5) is 0 Å².